The molecule has 0 radical (unpaired) electrons. The fraction of sp³-hybridized carbons (Fsp3) is 0.583. The molecule has 0 amide bonds. The Morgan fingerprint density at radius 1 is 1.55 bits per heavy atom. The van der Waals surface area contributed by atoms with Gasteiger partial charge in [0.25, 0.3) is 10.0 Å². The third-order valence-electron chi connectivity index (χ3n) is 3.27. The summed E-state index contributed by atoms with van der Waals surface area (Å²) in [6, 6.07) is 2.69. The number of piperidine rings is 1. The van der Waals surface area contributed by atoms with Crippen LogP contribution in [0.15, 0.2) is 16.3 Å². The highest BCUT2D eigenvalue weighted by Gasteiger charge is 2.31. The first kappa shape index (κ1) is 15.4. The molecule has 1 aliphatic rings. The fourth-order valence-corrected chi connectivity index (χ4v) is 5.17. The molecule has 2 heterocycles. The maximum Gasteiger partial charge on any atom is 0.345 e. The summed E-state index contributed by atoms with van der Waals surface area (Å²) in [6.45, 7) is 1.44. The van der Waals surface area contributed by atoms with Crippen molar-refractivity contribution in [2.24, 2.45) is 5.92 Å². The molecule has 112 valence electrons. The Hall–Kier alpha value is -0.960. The summed E-state index contributed by atoms with van der Waals surface area (Å²) in [6.07, 6.45) is 1.75. The molecule has 1 aliphatic heterocycles. The second kappa shape index (κ2) is 6.21. The topological polar surface area (TPSA) is 83.9 Å². The summed E-state index contributed by atoms with van der Waals surface area (Å²) >= 11 is 0.796. The second-order valence-electron chi connectivity index (χ2n) is 4.75. The van der Waals surface area contributed by atoms with E-state index in [0.717, 1.165) is 24.2 Å². The van der Waals surface area contributed by atoms with Crippen molar-refractivity contribution >= 4 is 27.3 Å². The number of thiophene rings is 1. The van der Waals surface area contributed by atoms with E-state index in [1.165, 1.54) is 16.4 Å². The van der Waals surface area contributed by atoms with Gasteiger partial charge in [0, 0.05) is 20.2 Å². The predicted octanol–water partition coefficient (Wildman–Crippen LogP) is 1.49. The maximum absolute atomic E-state index is 12.5. The minimum absolute atomic E-state index is 0.0361. The Bertz CT molecular complexity index is 578. The first-order valence-electron chi connectivity index (χ1n) is 6.27. The van der Waals surface area contributed by atoms with Gasteiger partial charge in [-0.3, -0.25) is 0 Å². The summed E-state index contributed by atoms with van der Waals surface area (Å²) < 4.78 is 31.6. The van der Waals surface area contributed by atoms with E-state index in [9.17, 15) is 13.2 Å². The smallest absolute Gasteiger partial charge is 0.345 e. The van der Waals surface area contributed by atoms with Crippen LogP contribution >= 0.6 is 11.3 Å². The van der Waals surface area contributed by atoms with Crippen LogP contribution in [-0.4, -0.2) is 50.6 Å². The van der Waals surface area contributed by atoms with Gasteiger partial charge in [0.15, 0.2) is 0 Å². The van der Waals surface area contributed by atoms with Gasteiger partial charge in [-0.2, -0.15) is 4.31 Å². The summed E-state index contributed by atoms with van der Waals surface area (Å²) in [5.41, 5.74) is 0. The molecule has 0 bridgehead atoms. The minimum Gasteiger partial charge on any atom is -0.477 e. The molecule has 1 fully saturated rings. The first-order chi connectivity index (χ1) is 9.45. The van der Waals surface area contributed by atoms with Crippen molar-refractivity contribution in [3.8, 4) is 0 Å². The second-order valence-corrected chi connectivity index (χ2v) is 8.00. The van der Waals surface area contributed by atoms with E-state index in [1.54, 1.807) is 7.11 Å². The molecule has 20 heavy (non-hydrogen) atoms. The number of sulfonamides is 1. The molecule has 8 heteroatoms. The summed E-state index contributed by atoms with van der Waals surface area (Å²) in [5, 5.41) is 8.87. The third-order valence-corrected chi connectivity index (χ3v) is 6.68. The van der Waals surface area contributed by atoms with Crippen LogP contribution in [0.4, 0.5) is 0 Å². The van der Waals surface area contributed by atoms with Gasteiger partial charge in [0.1, 0.15) is 9.09 Å². The molecular weight excluding hydrogens is 302 g/mol. The highest BCUT2D eigenvalue weighted by Crippen LogP contribution is 2.28. The monoisotopic (exact) mass is 319 g/mol. The quantitative estimate of drug-likeness (QED) is 0.889. The standard InChI is InChI=1S/C12H17NO5S2/c1-18-8-9-3-2-6-13(7-9)20(16,17)11-5-4-10(19-11)12(14)15/h4-5,9H,2-3,6-8H2,1H3,(H,14,15). The zero-order valence-electron chi connectivity index (χ0n) is 11.1. The number of carboxylic acids is 1. The molecule has 0 saturated carbocycles. The number of methoxy groups -OCH3 is 1. The Morgan fingerprint density at radius 2 is 2.30 bits per heavy atom. The molecule has 6 nitrogen and oxygen atoms in total. The van der Waals surface area contributed by atoms with Crippen LogP contribution < -0.4 is 0 Å². The van der Waals surface area contributed by atoms with Crippen LogP contribution in [0.3, 0.4) is 0 Å². The maximum atomic E-state index is 12.5. The van der Waals surface area contributed by atoms with Crippen LogP contribution in [0.25, 0.3) is 0 Å². The largest absolute Gasteiger partial charge is 0.477 e. The Morgan fingerprint density at radius 3 is 2.90 bits per heavy atom. The number of aromatic carboxylic acids is 1. The molecular formula is C12H17NO5S2. The van der Waals surface area contributed by atoms with Gasteiger partial charge < -0.3 is 9.84 Å². The number of rotatable bonds is 5. The molecule has 2 rings (SSSR count). The molecule has 1 aromatic heterocycles. The zero-order chi connectivity index (χ0) is 14.8. The normalized spacial score (nSPS) is 20.9. The van der Waals surface area contributed by atoms with E-state index < -0.39 is 16.0 Å². The lowest BCUT2D eigenvalue weighted by Crippen LogP contribution is -2.40. The van der Waals surface area contributed by atoms with Crippen LogP contribution in [0.1, 0.15) is 22.5 Å². The van der Waals surface area contributed by atoms with Crippen molar-refractivity contribution in [2.75, 3.05) is 26.8 Å². The number of hydrogen-bond acceptors (Lipinski definition) is 5. The summed E-state index contributed by atoms with van der Waals surface area (Å²) in [5.74, 6) is -0.908. The van der Waals surface area contributed by atoms with E-state index >= 15 is 0 Å². The van der Waals surface area contributed by atoms with E-state index in [1.807, 2.05) is 0 Å². The molecule has 1 atom stereocenters. The van der Waals surface area contributed by atoms with Crippen molar-refractivity contribution in [2.45, 2.75) is 17.1 Å². The van der Waals surface area contributed by atoms with Crippen LogP contribution in [0, 0.1) is 5.92 Å². The number of nitrogens with zero attached hydrogens (tertiary/aromatic N) is 1. The molecule has 1 N–H and O–H groups in total. The van der Waals surface area contributed by atoms with Crippen molar-refractivity contribution in [3.05, 3.63) is 17.0 Å². The molecule has 0 aromatic carbocycles. The summed E-state index contributed by atoms with van der Waals surface area (Å²) in [4.78, 5) is 10.9. The van der Waals surface area contributed by atoms with Crippen molar-refractivity contribution < 1.29 is 23.1 Å². The number of carbonyl (C=O) groups is 1. The zero-order valence-corrected chi connectivity index (χ0v) is 12.7. The van der Waals surface area contributed by atoms with Gasteiger partial charge >= 0.3 is 5.97 Å². The van der Waals surface area contributed by atoms with Gasteiger partial charge in [-0.05, 0) is 30.9 Å². The van der Waals surface area contributed by atoms with Crippen LogP contribution in [-0.2, 0) is 14.8 Å². The van der Waals surface area contributed by atoms with Crippen LogP contribution in [0.5, 0.6) is 0 Å². The van der Waals surface area contributed by atoms with Gasteiger partial charge in [-0.1, -0.05) is 0 Å². The van der Waals surface area contributed by atoms with E-state index in [0.29, 0.717) is 19.7 Å². The lowest BCUT2D eigenvalue weighted by Gasteiger charge is -2.31. The SMILES string of the molecule is COCC1CCCN(S(=O)(=O)c2ccc(C(=O)O)s2)C1. The molecule has 1 saturated heterocycles. The van der Waals surface area contributed by atoms with Crippen molar-refractivity contribution in [3.63, 3.8) is 0 Å². The number of hydrogen-bond donors (Lipinski definition) is 1. The average molecular weight is 319 g/mol. The Balaban J connectivity index is 2.18. The molecule has 1 unspecified atom stereocenters. The Labute approximate surface area is 122 Å². The lowest BCUT2D eigenvalue weighted by atomic mass is 10.0. The van der Waals surface area contributed by atoms with Gasteiger partial charge in [0.05, 0.1) is 6.61 Å². The number of ether oxygens (including phenoxy) is 1. The van der Waals surface area contributed by atoms with E-state index in [2.05, 4.69) is 0 Å². The van der Waals surface area contributed by atoms with E-state index in [4.69, 9.17) is 9.84 Å². The molecule has 0 aliphatic carbocycles. The Kier molecular flexibility index (Phi) is 4.79. The summed E-state index contributed by atoms with van der Waals surface area (Å²) in [7, 11) is -1.99. The highest BCUT2D eigenvalue weighted by atomic mass is 32.2. The van der Waals surface area contributed by atoms with Crippen LogP contribution in [0.2, 0.25) is 0 Å². The van der Waals surface area contributed by atoms with Gasteiger partial charge in [0.2, 0.25) is 0 Å². The fourth-order valence-electron chi connectivity index (χ4n) is 2.32. The van der Waals surface area contributed by atoms with Gasteiger partial charge in [-0.15, -0.1) is 11.3 Å². The lowest BCUT2D eigenvalue weighted by molar-refractivity contribution is 0.0702. The van der Waals surface area contributed by atoms with Gasteiger partial charge in [-0.25, -0.2) is 13.2 Å². The molecule has 0 spiro atoms. The number of carboxylic acid groups (broad SMARTS) is 1. The minimum atomic E-state index is -3.59. The van der Waals surface area contributed by atoms with Crippen molar-refractivity contribution in [1.82, 2.24) is 4.31 Å². The highest BCUT2D eigenvalue weighted by molar-refractivity contribution is 7.91. The third kappa shape index (κ3) is 3.20. The predicted molar refractivity (Wildman–Crippen MR) is 74.6 cm³/mol. The van der Waals surface area contributed by atoms with E-state index in [-0.39, 0.29) is 15.0 Å². The first-order valence-corrected chi connectivity index (χ1v) is 8.53. The average Bonchev–Trinajstić information content (AvgIpc) is 2.90. The molecule has 1 aromatic rings. The van der Waals surface area contributed by atoms with Crippen molar-refractivity contribution in [1.29, 1.82) is 0 Å².